The summed E-state index contributed by atoms with van der Waals surface area (Å²) < 4.78 is 7.02. The zero-order valence-electron chi connectivity index (χ0n) is 13.1. The molecule has 0 fully saturated rings. The SMILES string of the molecule is CCc1nnc(Cn2cnc3scc(-c4ccc(C)s4)c3c2=O)o1. The van der Waals surface area contributed by atoms with E-state index in [2.05, 4.69) is 28.2 Å². The minimum Gasteiger partial charge on any atom is -0.423 e. The molecule has 0 aliphatic heterocycles. The molecule has 0 amide bonds. The lowest BCUT2D eigenvalue weighted by atomic mass is 10.2. The highest BCUT2D eigenvalue weighted by molar-refractivity contribution is 7.19. The Labute approximate surface area is 145 Å². The van der Waals surface area contributed by atoms with Gasteiger partial charge in [-0.05, 0) is 19.1 Å². The van der Waals surface area contributed by atoms with Crippen molar-refractivity contribution in [3.05, 3.63) is 50.9 Å². The molecule has 0 atom stereocenters. The van der Waals surface area contributed by atoms with Gasteiger partial charge in [0.1, 0.15) is 11.4 Å². The zero-order valence-corrected chi connectivity index (χ0v) is 14.8. The lowest BCUT2D eigenvalue weighted by Gasteiger charge is -2.02. The molecule has 0 aliphatic rings. The van der Waals surface area contributed by atoms with E-state index < -0.39 is 0 Å². The van der Waals surface area contributed by atoms with Crippen molar-refractivity contribution in [1.29, 1.82) is 0 Å². The van der Waals surface area contributed by atoms with Crippen molar-refractivity contribution in [2.75, 3.05) is 0 Å². The van der Waals surface area contributed by atoms with Gasteiger partial charge < -0.3 is 4.42 Å². The molecular formula is C16H14N4O2S2. The van der Waals surface area contributed by atoms with E-state index in [1.54, 1.807) is 17.7 Å². The predicted molar refractivity (Wildman–Crippen MR) is 94.7 cm³/mol. The highest BCUT2D eigenvalue weighted by Gasteiger charge is 2.15. The fourth-order valence-electron chi connectivity index (χ4n) is 2.48. The van der Waals surface area contributed by atoms with E-state index in [4.69, 9.17) is 4.42 Å². The second kappa shape index (κ2) is 5.95. The van der Waals surface area contributed by atoms with Gasteiger partial charge in [-0.2, -0.15) is 0 Å². The summed E-state index contributed by atoms with van der Waals surface area (Å²) in [4.78, 5) is 20.4. The van der Waals surface area contributed by atoms with Crippen molar-refractivity contribution in [1.82, 2.24) is 19.7 Å². The molecule has 0 unspecified atom stereocenters. The summed E-state index contributed by atoms with van der Waals surface area (Å²) in [7, 11) is 0. The van der Waals surface area contributed by atoms with E-state index in [1.165, 1.54) is 20.8 Å². The quantitative estimate of drug-likeness (QED) is 0.558. The molecule has 4 aromatic heterocycles. The number of hydrogen-bond acceptors (Lipinski definition) is 7. The summed E-state index contributed by atoms with van der Waals surface area (Å²) in [6.45, 7) is 4.23. The maximum absolute atomic E-state index is 12.9. The third kappa shape index (κ3) is 2.57. The molecule has 0 bridgehead atoms. The molecule has 0 saturated heterocycles. The van der Waals surface area contributed by atoms with Crippen LogP contribution in [-0.2, 0) is 13.0 Å². The highest BCUT2D eigenvalue weighted by Crippen LogP contribution is 2.34. The number of hydrogen-bond donors (Lipinski definition) is 0. The number of fused-ring (bicyclic) bond motifs is 1. The Hall–Kier alpha value is -2.32. The third-order valence-corrected chi connectivity index (χ3v) is 5.60. The smallest absolute Gasteiger partial charge is 0.263 e. The second-order valence-electron chi connectivity index (χ2n) is 5.36. The Kier molecular flexibility index (Phi) is 3.78. The number of rotatable bonds is 4. The van der Waals surface area contributed by atoms with Gasteiger partial charge in [0.25, 0.3) is 5.56 Å². The Morgan fingerprint density at radius 1 is 1.25 bits per heavy atom. The largest absolute Gasteiger partial charge is 0.423 e. The number of aromatic nitrogens is 4. The van der Waals surface area contributed by atoms with E-state index >= 15 is 0 Å². The number of nitrogens with zero attached hydrogens (tertiary/aromatic N) is 4. The van der Waals surface area contributed by atoms with E-state index in [-0.39, 0.29) is 12.1 Å². The van der Waals surface area contributed by atoms with Crippen LogP contribution in [-0.4, -0.2) is 19.7 Å². The van der Waals surface area contributed by atoms with Crippen LogP contribution < -0.4 is 5.56 Å². The van der Waals surface area contributed by atoms with E-state index in [1.807, 2.05) is 18.4 Å². The molecule has 8 heteroatoms. The summed E-state index contributed by atoms with van der Waals surface area (Å²) in [5.41, 5.74) is 0.860. The van der Waals surface area contributed by atoms with Gasteiger partial charge in [0.05, 0.1) is 11.7 Å². The number of aryl methyl sites for hydroxylation is 2. The zero-order chi connectivity index (χ0) is 16.7. The highest BCUT2D eigenvalue weighted by atomic mass is 32.1. The molecule has 4 rings (SSSR count). The molecule has 0 aromatic carbocycles. The fraction of sp³-hybridized carbons (Fsp3) is 0.250. The molecule has 0 aliphatic carbocycles. The van der Waals surface area contributed by atoms with Gasteiger partial charge in [-0.25, -0.2) is 4.98 Å². The maximum atomic E-state index is 12.9. The summed E-state index contributed by atoms with van der Waals surface area (Å²) in [5.74, 6) is 0.983. The summed E-state index contributed by atoms with van der Waals surface area (Å²) in [6, 6.07) is 4.10. The first-order chi connectivity index (χ1) is 11.7. The monoisotopic (exact) mass is 358 g/mol. The molecule has 4 aromatic rings. The first-order valence-corrected chi connectivity index (χ1v) is 9.20. The Morgan fingerprint density at radius 2 is 2.08 bits per heavy atom. The van der Waals surface area contributed by atoms with Gasteiger partial charge >= 0.3 is 0 Å². The van der Waals surface area contributed by atoms with Gasteiger partial charge in [-0.15, -0.1) is 32.9 Å². The van der Waals surface area contributed by atoms with Crippen LogP contribution in [0.1, 0.15) is 23.6 Å². The average Bonchev–Trinajstić information content (AvgIpc) is 3.29. The standard InChI is InChI=1S/C16H14N4O2S2/c1-3-12-18-19-13(22-12)6-20-8-17-15-14(16(20)21)10(7-23-15)11-5-4-9(2)24-11/h4-5,7-8H,3,6H2,1-2H3. The van der Waals surface area contributed by atoms with Crippen LogP contribution >= 0.6 is 22.7 Å². The van der Waals surface area contributed by atoms with Crippen molar-refractivity contribution in [2.24, 2.45) is 0 Å². The van der Waals surface area contributed by atoms with Crippen molar-refractivity contribution in [2.45, 2.75) is 26.8 Å². The minimum atomic E-state index is -0.0847. The van der Waals surface area contributed by atoms with Gasteiger partial charge in [-0.1, -0.05) is 6.92 Å². The van der Waals surface area contributed by atoms with Gasteiger partial charge in [0, 0.05) is 27.1 Å². The Bertz CT molecular complexity index is 1070. The first-order valence-electron chi connectivity index (χ1n) is 7.50. The van der Waals surface area contributed by atoms with Crippen LogP contribution in [0.25, 0.3) is 20.7 Å². The molecular weight excluding hydrogens is 344 g/mol. The predicted octanol–water partition coefficient (Wildman–Crippen LogP) is 3.49. The normalized spacial score (nSPS) is 11.4. The Morgan fingerprint density at radius 3 is 2.79 bits per heavy atom. The van der Waals surface area contributed by atoms with Crippen LogP contribution in [0.2, 0.25) is 0 Å². The van der Waals surface area contributed by atoms with Crippen molar-refractivity contribution in [3.63, 3.8) is 0 Å². The van der Waals surface area contributed by atoms with Gasteiger partial charge in [0.15, 0.2) is 0 Å². The number of thiophene rings is 2. The summed E-state index contributed by atoms with van der Waals surface area (Å²) in [5, 5.41) is 10.6. The molecule has 4 heterocycles. The minimum absolute atomic E-state index is 0.0847. The second-order valence-corrected chi connectivity index (χ2v) is 7.51. The topological polar surface area (TPSA) is 73.8 Å². The van der Waals surface area contributed by atoms with Gasteiger partial charge in [0.2, 0.25) is 11.8 Å². The van der Waals surface area contributed by atoms with Crippen LogP contribution in [0.5, 0.6) is 0 Å². The molecule has 0 radical (unpaired) electrons. The summed E-state index contributed by atoms with van der Waals surface area (Å²) in [6.07, 6.45) is 2.21. The van der Waals surface area contributed by atoms with Crippen molar-refractivity contribution < 1.29 is 4.42 Å². The van der Waals surface area contributed by atoms with Crippen LogP contribution in [0.15, 0.2) is 33.1 Å². The van der Waals surface area contributed by atoms with E-state index in [0.717, 1.165) is 15.3 Å². The van der Waals surface area contributed by atoms with Crippen LogP contribution in [0, 0.1) is 6.92 Å². The maximum Gasteiger partial charge on any atom is 0.263 e. The Balaban J connectivity index is 1.80. The van der Waals surface area contributed by atoms with Crippen LogP contribution in [0.4, 0.5) is 0 Å². The molecule has 24 heavy (non-hydrogen) atoms. The lowest BCUT2D eigenvalue weighted by Crippen LogP contribution is -2.21. The summed E-state index contributed by atoms with van der Waals surface area (Å²) >= 11 is 3.16. The molecule has 0 spiro atoms. The van der Waals surface area contributed by atoms with Crippen LogP contribution in [0.3, 0.4) is 0 Å². The van der Waals surface area contributed by atoms with E-state index in [0.29, 0.717) is 23.6 Å². The fourth-order valence-corrected chi connectivity index (χ4v) is 4.34. The third-order valence-electron chi connectivity index (χ3n) is 3.68. The average molecular weight is 358 g/mol. The van der Waals surface area contributed by atoms with E-state index in [9.17, 15) is 4.79 Å². The molecule has 122 valence electrons. The molecule has 0 saturated carbocycles. The van der Waals surface area contributed by atoms with Crippen molar-refractivity contribution in [3.8, 4) is 10.4 Å². The molecule has 0 N–H and O–H groups in total. The molecule has 6 nitrogen and oxygen atoms in total. The van der Waals surface area contributed by atoms with Crippen molar-refractivity contribution >= 4 is 32.9 Å². The lowest BCUT2D eigenvalue weighted by molar-refractivity contribution is 0.439. The first kappa shape index (κ1) is 15.2. The van der Waals surface area contributed by atoms with Gasteiger partial charge in [-0.3, -0.25) is 9.36 Å².